The Balaban J connectivity index is 1.45. The first kappa shape index (κ1) is 27.3. The largest absolute Gasteiger partial charge is 0.393 e. The molecular formula is C26H45NO7S. The van der Waals surface area contributed by atoms with Crippen molar-refractivity contribution in [1.29, 1.82) is 0 Å². The van der Waals surface area contributed by atoms with E-state index < -0.39 is 33.0 Å². The second kappa shape index (κ2) is 9.53. The van der Waals surface area contributed by atoms with Crippen molar-refractivity contribution in [1.82, 2.24) is 5.32 Å². The van der Waals surface area contributed by atoms with Gasteiger partial charge in [0, 0.05) is 18.4 Å². The van der Waals surface area contributed by atoms with Crippen molar-refractivity contribution in [2.45, 2.75) is 103 Å². The summed E-state index contributed by atoms with van der Waals surface area (Å²) in [6.45, 7) is 6.36. The van der Waals surface area contributed by atoms with Gasteiger partial charge in [-0.2, -0.15) is 8.42 Å². The monoisotopic (exact) mass is 515 g/mol. The summed E-state index contributed by atoms with van der Waals surface area (Å²) in [6.07, 6.45) is 6.69. The van der Waals surface area contributed by atoms with Crippen LogP contribution >= 0.6 is 0 Å². The average Bonchev–Trinajstić information content (AvgIpc) is 3.05. The summed E-state index contributed by atoms with van der Waals surface area (Å²) in [7, 11) is -4.11. The highest BCUT2D eigenvalue weighted by Gasteiger charge is 2.70. The molecular weight excluding hydrogens is 470 g/mol. The molecule has 8 nitrogen and oxygen atoms in total. The molecule has 0 bridgehead atoms. The Kier molecular flexibility index (Phi) is 7.43. The van der Waals surface area contributed by atoms with Crippen LogP contribution in [-0.4, -0.2) is 64.3 Å². The van der Waals surface area contributed by atoms with Gasteiger partial charge in [0.05, 0.1) is 23.6 Å². The molecule has 1 amide bonds. The molecule has 4 aliphatic carbocycles. The lowest BCUT2D eigenvalue weighted by atomic mass is 9.42. The number of carbonyl (C=O) groups is 1. The summed E-state index contributed by atoms with van der Waals surface area (Å²) in [5.41, 5.74) is -1.52. The lowest BCUT2D eigenvalue weighted by Gasteiger charge is -2.65. The molecule has 0 saturated heterocycles. The molecule has 10 atom stereocenters. The zero-order valence-corrected chi connectivity index (χ0v) is 22.3. The lowest BCUT2D eigenvalue weighted by molar-refractivity contribution is -0.250. The number of hydrogen-bond donors (Lipinski definition) is 5. The Morgan fingerprint density at radius 2 is 1.77 bits per heavy atom. The van der Waals surface area contributed by atoms with Gasteiger partial charge in [-0.1, -0.05) is 20.8 Å². The molecule has 0 aromatic carbocycles. The van der Waals surface area contributed by atoms with Crippen molar-refractivity contribution in [3.63, 3.8) is 0 Å². The van der Waals surface area contributed by atoms with E-state index >= 15 is 0 Å². The van der Waals surface area contributed by atoms with Gasteiger partial charge < -0.3 is 20.6 Å². The Morgan fingerprint density at radius 3 is 2.46 bits per heavy atom. The minimum Gasteiger partial charge on any atom is -0.393 e. The molecule has 4 saturated carbocycles. The van der Waals surface area contributed by atoms with Crippen molar-refractivity contribution < 1.29 is 33.1 Å². The summed E-state index contributed by atoms with van der Waals surface area (Å²) in [5, 5.41) is 36.7. The minimum absolute atomic E-state index is 0.0457. The van der Waals surface area contributed by atoms with Crippen LogP contribution in [0.3, 0.4) is 0 Å². The highest BCUT2D eigenvalue weighted by Crippen LogP contribution is 2.69. The van der Waals surface area contributed by atoms with Crippen LogP contribution in [0.4, 0.5) is 0 Å². The fraction of sp³-hybridized carbons (Fsp3) is 0.962. The number of aliphatic hydroxyl groups is 3. The summed E-state index contributed by atoms with van der Waals surface area (Å²) in [4.78, 5) is 12.2. The van der Waals surface area contributed by atoms with Gasteiger partial charge in [-0.25, -0.2) is 0 Å². The van der Waals surface area contributed by atoms with Crippen LogP contribution in [-0.2, 0) is 14.9 Å². The first-order valence-electron chi connectivity index (χ1n) is 13.5. The number of hydrogen-bond acceptors (Lipinski definition) is 6. The topological polar surface area (TPSA) is 144 Å². The van der Waals surface area contributed by atoms with Gasteiger partial charge >= 0.3 is 0 Å². The smallest absolute Gasteiger partial charge is 0.266 e. The molecule has 4 aliphatic rings. The molecule has 0 aromatic heterocycles. The minimum atomic E-state index is -4.11. The van der Waals surface area contributed by atoms with Gasteiger partial charge in [-0.3, -0.25) is 9.35 Å². The predicted molar refractivity (Wildman–Crippen MR) is 132 cm³/mol. The van der Waals surface area contributed by atoms with Crippen LogP contribution in [0.1, 0.15) is 85.0 Å². The standard InChI is InChI=1S/C26H45NO7S/c1-16(4-7-23(30)27-12-13-35(32,33)34)19-9-11-26(31)20-6-5-17-14-18(28)8-10-24(17,2)21(20)15-22(29)25(19,26)3/h16-22,28-29,31H,4-15H2,1-3H3,(H,27,30)(H,32,33,34)/t16-,17?,18-,19-,20+,21+,22+,24+,25+,26+/m1/s1. The molecule has 5 N–H and O–H groups in total. The lowest BCUT2D eigenvalue weighted by Crippen LogP contribution is -2.67. The maximum absolute atomic E-state index is 12.3. The zero-order valence-electron chi connectivity index (χ0n) is 21.4. The Hall–Kier alpha value is -0.740. The molecule has 0 spiro atoms. The van der Waals surface area contributed by atoms with E-state index in [0.29, 0.717) is 25.2 Å². The number of rotatable bonds is 7. The third-order valence-electron chi connectivity index (χ3n) is 11.2. The van der Waals surface area contributed by atoms with Gasteiger partial charge in [-0.15, -0.1) is 0 Å². The van der Waals surface area contributed by atoms with Crippen LogP contribution in [0.2, 0.25) is 0 Å². The number of nitrogens with one attached hydrogen (secondary N) is 1. The second-order valence-corrected chi connectivity index (χ2v) is 14.2. The van der Waals surface area contributed by atoms with E-state index in [1.54, 1.807) is 0 Å². The highest BCUT2D eigenvalue weighted by atomic mass is 32.2. The van der Waals surface area contributed by atoms with Crippen LogP contribution in [0, 0.1) is 40.4 Å². The molecule has 35 heavy (non-hydrogen) atoms. The first-order valence-corrected chi connectivity index (χ1v) is 15.1. The highest BCUT2D eigenvalue weighted by molar-refractivity contribution is 7.85. The van der Waals surface area contributed by atoms with Crippen molar-refractivity contribution in [3.8, 4) is 0 Å². The van der Waals surface area contributed by atoms with E-state index in [1.165, 1.54) is 0 Å². The third kappa shape index (κ3) is 4.69. The molecule has 202 valence electrons. The van der Waals surface area contributed by atoms with Gasteiger partial charge in [0.15, 0.2) is 0 Å². The van der Waals surface area contributed by atoms with E-state index in [4.69, 9.17) is 4.55 Å². The van der Waals surface area contributed by atoms with Gasteiger partial charge in [0.2, 0.25) is 5.91 Å². The van der Waals surface area contributed by atoms with Crippen molar-refractivity contribution in [2.75, 3.05) is 12.3 Å². The Morgan fingerprint density at radius 1 is 1.06 bits per heavy atom. The van der Waals surface area contributed by atoms with E-state index in [-0.39, 0.29) is 54.1 Å². The molecule has 0 aromatic rings. The zero-order chi connectivity index (χ0) is 25.8. The number of aliphatic hydroxyl groups excluding tert-OH is 2. The van der Waals surface area contributed by atoms with Crippen LogP contribution < -0.4 is 5.32 Å². The molecule has 9 heteroatoms. The summed E-state index contributed by atoms with van der Waals surface area (Å²) < 4.78 is 30.5. The normalized spacial score (nSPS) is 46.3. The third-order valence-corrected chi connectivity index (χ3v) is 11.9. The van der Waals surface area contributed by atoms with Gasteiger partial charge in [0.25, 0.3) is 10.1 Å². The van der Waals surface area contributed by atoms with Gasteiger partial charge in [-0.05, 0) is 92.8 Å². The Bertz CT molecular complexity index is 911. The molecule has 0 radical (unpaired) electrons. The fourth-order valence-electron chi connectivity index (χ4n) is 9.09. The summed E-state index contributed by atoms with van der Waals surface area (Å²) in [5.74, 6) is 0.294. The van der Waals surface area contributed by atoms with Crippen molar-refractivity contribution in [3.05, 3.63) is 0 Å². The van der Waals surface area contributed by atoms with Crippen molar-refractivity contribution >= 4 is 16.0 Å². The number of carbonyl (C=O) groups excluding carboxylic acids is 1. The van der Waals surface area contributed by atoms with Gasteiger partial charge in [0.1, 0.15) is 0 Å². The number of fused-ring (bicyclic) bond motifs is 5. The predicted octanol–water partition coefficient (Wildman–Crippen LogP) is 2.51. The van der Waals surface area contributed by atoms with E-state index in [0.717, 1.165) is 38.5 Å². The molecule has 4 rings (SSSR count). The quantitative estimate of drug-likeness (QED) is 0.328. The van der Waals surface area contributed by atoms with Crippen LogP contribution in [0.25, 0.3) is 0 Å². The Labute approximate surface area is 210 Å². The summed E-state index contributed by atoms with van der Waals surface area (Å²) >= 11 is 0. The molecule has 1 unspecified atom stereocenters. The first-order chi connectivity index (χ1) is 16.2. The second-order valence-electron chi connectivity index (χ2n) is 12.7. The van der Waals surface area contributed by atoms with E-state index in [2.05, 4.69) is 26.1 Å². The van der Waals surface area contributed by atoms with Crippen molar-refractivity contribution in [2.24, 2.45) is 40.4 Å². The fourth-order valence-corrected chi connectivity index (χ4v) is 9.45. The maximum Gasteiger partial charge on any atom is 0.266 e. The van der Waals surface area contributed by atoms with E-state index in [1.807, 2.05) is 0 Å². The molecule has 0 aliphatic heterocycles. The molecule has 4 fully saturated rings. The average molecular weight is 516 g/mol. The number of amides is 1. The summed E-state index contributed by atoms with van der Waals surface area (Å²) in [6, 6.07) is 0. The maximum atomic E-state index is 12.3. The van der Waals surface area contributed by atoms with E-state index in [9.17, 15) is 28.5 Å². The SMILES string of the molecule is C[C@H](CCC(=O)NCCS(=O)(=O)O)[C@H]1CC[C@]2(O)[C@H]3CCC4C[C@H](O)CC[C@]4(C)[C@H]3C[C@H](O)[C@]12C. The molecule has 0 heterocycles. The van der Waals surface area contributed by atoms with Crippen LogP contribution in [0.15, 0.2) is 0 Å². The van der Waals surface area contributed by atoms with Crippen LogP contribution in [0.5, 0.6) is 0 Å².